The molecule has 156 valence electrons. The predicted octanol–water partition coefficient (Wildman–Crippen LogP) is 3.65. The first-order chi connectivity index (χ1) is 15.1. The fourth-order valence-corrected chi connectivity index (χ4v) is 3.80. The minimum absolute atomic E-state index is 0.263. The molecule has 0 radical (unpaired) electrons. The average Bonchev–Trinajstić information content (AvgIpc) is 3.47. The van der Waals surface area contributed by atoms with Crippen LogP contribution < -0.4 is 5.32 Å². The van der Waals surface area contributed by atoms with Crippen LogP contribution in [0, 0.1) is 11.3 Å². The van der Waals surface area contributed by atoms with E-state index in [0.29, 0.717) is 18.5 Å². The number of hydrogen-bond acceptors (Lipinski definition) is 5. The van der Waals surface area contributed by atoms with Gasteiger partial charge in [0.15, 0.2) is 6.61 Å². The van der Waals surface area contributed by atoms with Crippen molar-refractivity contribution in [3.05, 3.63) is 72.4 Å². The molecule has 7 heteroatoms. The van der Waals surface area contributed by atoms with Gasteiger partial charge in [-0.15, -0.1) is 0 Å². The minimum atomic E-state index is -0.850. The maximum absolute atomic E-state index is 12.9. The smallest absolute Gasteiger partial charge is 0.342 e. The van der Waals surface area contributed by atoms with Gasteiger partial charge in [-0.05, 0) is 37.8 Å². The van der Waals surface area contributed by atoms with Crippen LogP contribution in [0.25, 0.3) is 16.9 Å². The zero-order valence-electron chi connectivity index (χ0n) is 17.0. The molecule has 0 saturated heterocycles. The van der Waals surface area contributed by atoms with Gasteiger partial charge < -0.3 is 10.1 Å². The highest BCUT2D eigenvalue weighted by Crippen LogP contribution is 2.29. The number of benzene rings is 2. The summed E-state index contributed by atoms with van der Waals surface area (Å²) >= 11 is 0. The van der Waals surface area contributed by atoms with Crippen LogP contribution >= 0.6 is 0 Å². The third-order valence-corrected chi connectivity index (χ3v) is 5.39. The molecule has 1 aliphatic rings. The molecule has 1 aliphatic carbocycles. The molecule has 0 spiro atoms. The maximum atomic E-state index is 12.9. The van der Waals surface area contributed by atoms with Crippen molar-refractivity contribution in [3.63, 3.8) is 0 Å². The maximum Gasteiger partial charge on any atom is 0.342 e. The fraction of sp³-hybridized carbons (Fsp3) is 0.250. The molecule has 31 heavy (non-hydrogen) atoms. The summed E-state index contributed by atoms with van der Waals surface area (Å²) in [6.45, 7) is -0.451. The van der Waals surface area contributed by atoms with Crippen molar-refractivity contribution in [1.29, 1.82) is 5.26 Å². The molecule has 4 rings (SSSR count). The predicted molar refractivity (Wildman–Crippen MR) is 114 cm³/mol. The molecule has 0 unspecified atom stereocenters. The van der Waals surface area contributed by atoms with Crippen molar-refractivity contribution in [3.8, 4) is 23.0 Å². The van der Waals surface area contributed by atoms with Gasteiger partial charge >= 0.3 is 5.97 Å². The summed E-state index contributed by atoms with van der Waals surface area (Å²) in [5.74, 6) is -1.12. The van der Waals surface area contributed by atoms with Crippen LogP contribution in [0.15, 0.2) is 66.9 Å². The van der Waals surface area contributed by atoms with Crippen LogP contribution in [0.3, 0.4) is 0 Å². The Hall–Kier alpha value is -3.92. The van der Waals surface area contributed by atoms with Crippen molar-refractivity contribution in [2.45, 2.75) is 31.2 Å². The molecule has 1 amide bonds. The Labute approximate surface area is 180 Å². The van der Waals surface area contributed by atoms with Crippen molar-refractivity contribution < 1.29 is 14.3 Å². The second kappa shape index (κ2) is 8.84. The first-order valence-electron chi connectivity index (χ1n) is 10.2. The lowest BCUT2D eigenvalue weighted by Crippen LogP contribution is -2.46. The van der Waals surface area contributed by atoms with Crippen LogP contribution in [0.5, 0.6) is 0 Å². The van der Waals surface area contributed by atoms with Crippen LogP contribution in [-0.4, -0.2) is 33.8 Å². The highest BCUT2D eigenvalue weighted by atomic mass is 16.5. The van der Waals surface area contributed by atoms with Gasteiger partial charge in [-0.2, -0.15) is 10.4 Å². The minimum Gasteiger partial charge on any atom is -0.452 e. The van der Waals surface area contributed by atoms with Gasteiger partial charge in [0.2, 0.25) is 0 Å². The van der Waals surface area contributed by atoms with Gasteiger partial charge in [0, 0.05) is 11.8 Å². The first-order valence-corrected chi connectivity index (χ1v) is 10.2. The normalized spacial score (nSPS) is 14.5. The van der Waals surface area contributed by atoms with E-state index in [-0.39, 0.29) is 5.56 Å². The Kier molecular flexibility index (Phi) is 5.80. The van der Waals surface area contributed by atoms with Crippen molar-refractivity contribution in [2.75, 3.05) is 6.61 Å². The molecular weight excluding hydrogens is 392 g/mol. The van der Waals surface area contributed by atoms with E-state index < -0.39 is 24.0 Å². The van der Waals surface area contributed by atoms with E-state index in [0.717, 1.165) is 24.1 Å². The number of aromatic nitrogens is 2. The monoisotopic (exact) mass is 414 g/mol. The number of amides is 1. The summed E-state index contributed by atoms with van der Waals surface area (Å²) < 4.78 is 6.90. The van der Waals surface area contributed by atoms with Gasteiger partial charge in [0.1, 0.15) is 16.8 Å². The molecule has 2 aromatic carbocycles. The molecule has 1 saturated carbocycles. The summed E-state index contributed by atoms with van der Waals surface area (Å²) in [5, 5.41) is 16.7. The van der Waals surface area contributed by atoms with E-state index in [9.17, 15) is 14.9 Å². The standard InChI is InChI=1S/C24H22N4O3/c25-17-24(13-7-8-14-24)26-21(29)16-31-23(30)20-15-28(19-11-5-2-6-12-19)27-22(20)18-9-3-1-4-10-18/h1-6,9-12,15H,7-8,13-14,16H2,(H,26,29). The van der Waals surface area contributed by atoms with E-state index in [1.54, 1.807) is 10.9 Å². The quantitative estimate of drug-likeness (QED) is 0.621. The third-order valence-electron chi connectivity index (χ3n) is 5.39. The molecule has 3 aromatic rings. The number of ether oxygens (including phenoxy) is 1. The number of rotatable bonds is 6. The Balaban J connectivity index is 1.53. The first kappa shape index (κ1) is 20.4. The number of hydrogen-bond donors (Lipinski definition) is 1. The average molecular weight is 414 g/mol. The zero-order valence-corrected chi connectivity index (χ0v) is 17.0. The lowest BCUT2D eigenvalue weighted by Gasteiger charge is -2.21. The van der Waals surface area contributed by atoms with Crippen LogP contribution in [0.1, 0.15) is 36.0 Å². The number of esters is 1. The number of nitrogens with one attached hydrogen (secondary N) is 1. The third kappa shape index (κ3) is 4.48. The summed E-state index contributed by atoms with van der Waals surface area (Å²) in [7, 11) is 0. The van der Waals surface area contributed by atoms with E-state index in [1.165, 1.54) is 0 Å². The summed E-state index contributed by atoms with van der Waals surface area (Å²) in [4.78, 5) is 25.2. The number of nitrogens with zero attached hydrogens (tertiary/aromatic N) is 3. The molecule has 0 atom stereocenters. The number of carbonyl (C=O) groups excluding carboxylic acids is 2. The van der Waals surface area contributed by atoms with E-state index in [1.807, 2.05) is 60.7 Å². The second-order valence-electron chi connectivity index (χ2n) is 7.56. The van der Waals surface area contributed by atoms with E-state index in [2.05, 4.69) is 16.5 Å². The van der Waals surface area contributed by atoms with Gasteiger partial charge in [-0.3, -0.25) is 4.79 Å². The number of para-hydroxylation sites is 1. The summed E-state index contributed by atoms with van der Waals surface area (Å²) in [5.41, 5.74) is 1.45. The molecular formula is C24H22N4O3. The van der Waals surface area contributed by atoms with Gasteiger partial charge in [-0.1, -0.05) is 48.5 Å². The molecule has 7 nitrogen and oxygen atoms in total. The SMILES string of the molecule is N#CC1(NC(=O)COC(=O)c2cn(-c3ccccc3)nc2-c2ccccc2)CCCC1. The Morgan fingerprint density at radius 1 is 1.06 bits per heavy atom. The van der Waals surface area contributed by atoms with Crippen LogP contribution in [0.4, 0.5) is 0 Å². The highest BCUT2D eigenvalue weighted by Gasteiger charge is 2.35. The lowest BCUT2D eigenvalue weighted by atomic mass is 10.00. The van der Waals surface area contributed by atoms with Gasteiger partial charge in [-0.25, -0.2) is 9.48 Å². The Bertz CT molecular complexity index is 1110. The fourth-order valence-electron chi connectivity index (χ4n) is 3.80. The molecule has 0 bridgehead atoms. The largest absolute Gasteiger partial charge is 0.452 e. The van der Waals surface area contributed by atoms with Crippen molar-refractivity contribution in [1.82, 2.24) is 15.1 Å². The number of nitriles is 1. The molecule has 1 N–H and O–H groups in total. The van der Waals surface area contributed by atoms with E-state index >= 15 is 0 Å². The van der Waals surface area contributed by atoms with Crippen LogP contribution in [-0.2, 0) is 9.53 Å². The van der Waals surface area contributed by atoms with Crippen molar-refractivity contribution >= 4 is 11.9 Å². The Morgan fingerprint density at radius 3 is 2.35 bits per heavy atom. The van der Waals surface area contributed by atoms with Crippen LogP contribution in [0.2, 0.25) is 0 Å². The summed E-state index contributed by atoms with van der Waals surface area (Å²) in [6, 6.07) is 21.0. The van der Waals surface area contributed by atoms with Crippen molar-refractivity contribution in [2.24, 2.45) is 0 Å². The molecule has 1 fully saturated rings. The molecule has 1 aromatic heterocycles. The molecule has 1 heterocycles. The van der Waals surface area contributed by atoms with E-state index in [4.69, 9.17) is 4.74 Å². The van der Waals surface area contributed by atoms with Gasteiger partial charge in [0.25, 0.3) is 5.91 Å². The lowest BCUT2D eigenvalue weighted by molar-refractivity contribution is -0.125. The summed E-state index contributed by atoms with van der Waals surface area (Å²) in [6.07, 6.45) is 4.63. The highest BCUT2D eigenvalue weighted by molar-refractivity contribution is 5.97. The number of carbonyl (C=O) groups is 2. The molecule has 0 aliphatic heterocycles. The topological polar surface area (TPSA) is 97.0 Å². The second-order valence-corrected chi connectivity index (χ2v) is 7.56. The van der Waals surface area contributed by atoms with Gasteiger partial charge in [0.05, 0.1) is 11.8 Å². The Morgan fingerprint density at radius 2 is 1.71 bits per heavy atom. The zero-order chi connectivity index (χ0) is 21.7.